The molecule has 1 unspecified atom stereocenters. The Bertz CT molecular complexity index is 645. The van der Waals surface area contributed by atoms with E-state index in [9.17, 15) is 4.79 Å². The molecular formula is C18H28ClN5O2. The number of hydrogen-bond donors (Lipinski definition) is 2. The lowest BCUT2D eigenvalue weighted by molar-refractivity contribution is -0.152. The molecule has 2 N–H and O–H groups in total. The second kappa shape index (κ2) is 9.07. The predicted octanol–water partition coefficient (Wildman–Crippen LogP) is 2.21. The lowest BCUT2D eigenvalue weighted by atomic mass is 10.2. The fraction of sp³-hybridized carbons (Fsp3) is 0.611. The van der Waals surface area contributed by atoms with E-state index in [2.05, 4.69) is 25.5 Å². The van der Waals surface area contributed by atoms with Crippen LogP contribution in [0.3, 0.4) is 0 Å². The van der Waals surface area contributed by atoms with Gasteiger partial charge in [-0.15, -0.1) is 0 Å². The first-order valence-electron chi connectivity index (χ1n) is 8.90. The minimum absolute atomic E-state index is 0.0187. The van der Waals surface area contributed by atoms with Gasteiger partial charge in [0, 0.05) is 31.9 Å². The number of halogens is 1. The summed E-state index contributed by atoms with van der Waals surface area (Å²) >= 11 is 6.23. The van der Waals surface area contributed by atoms with Crippen molar-refractivity contribution in [2.75, 3.05) is 31.1 Å². The van der Waals surface area contributed by atoms with Gasteiger partial charge in [-0.25, -0.2) is 9.98 Å². The van der Waals surface area contributed by atoms with E-state index in [-0.39, 0.29) is 18.6 Å². The van der Waals surface area contributed by atoms with Gasteiger partial charge in [-0.05, 0) is 46.2 Å². The highest BCUT2D eigenvalue weighted by atomic mass is 35.5. The van der Waals surface area contributed by atoms with Crippen molar-refractivity contribution in [1.29, 1.82) is 0 Å². The predicted molar refractivity (Wildman–Crippen MR) is 105 cm³/mol. The molecule has 1 aromatic heterocycles. The topological polar surface area (TPSA) is 78.8 Å². The van der Waals surface area contributed by atoms with Gasteiger partial charge in [-0.3, -0.25) is 4.79 Å². The largest absolute Gasteiger partial charge is 0.459 e. The van der Waals surface area contributed by atoms with Gasteiger partial charge in [0.15, 0.2) is 5.96 Å². The van der Waals surface area contributed by atoms with Crippen LogP contribution in [0.5, 0.6) is 0 Å². The van der Waals surface area contributed by atoms with E-state index in [4.69, 9.17) is 16.3 Å². The van der Waals surface area contributed by atoms with Gasteiger partial charge in [-0.2, -0.15) is 0 Å². The molecule has 0 radical (unpaired) electrons. The smallest absolute Gasteiger partial charge is 0.328 e. The summed E-state index contributed by atoms with van der Waals surface area (Å²) in [6, 6.07) is 3.87. The summed E-state index contributed by atoms with van der Waals surface area (Å²) in [5.74, 6) is 1.06. The summed E-state index contributed by atoms with van der Waals surface area (Å²) in [5, 5.41) is 7.19. The molecule has 0 aliphatic carbocycles. The maximum absolute atomic E-state index is 11.9. The van der Waals surface area contributed by atoms with Crippen molar-refractivity contribution < 1.29 is 9.53 Å². The monoisotopic (exact) mass is 381 g/mol. The summed E-state index contributed by atoms with van der Waals surface area (Å²) < 4.78 is 5.29. The lowest BCUT2D eigenvalue weighted by Crippen LogP contribution is -2.45. The first kappa shape index (κ1) is 20.3. The van der Waals surface area contributed by atoms with Gasteiger partial charge < -0.3 is 20.3 Å². The zero-order chi connectivity index (χ0) is 19.2. The first-order valence-corrected chi connectivity index (χ1v) is 9.28. The van der Waals surface area contributed by atoms with E-state index in [1.807, 2.05) is 39.8 Å². The van der Waals surface area contributed by atoms with E-state index in [0.29, 0.717) is 17.5 Å². The van der Waals surface area contributed by atoms with Gasteiger partial charge in [0.1, 0.15) is 18.0 Å². The summed E-state index contributed by atoms with van der Waals surface area (Å²) in [7, 11) is 0. The van der Waals surface area contributed by atoms with Crippen LogP contribution in [-0.2, 0) is 9.53 Å². The Hall–Kier alpha value is -2.02. The average Bonchev–Trinajstić information content (AvgIpc) is 3.00. The number of rotatable bonds is 5. The van der Waals surface area contributed by atoms with E-state index in [1.165, 1.54) is 0 Å². The van der Waals surface area contributed by atoms with Crippen molar-refractivity contribution in [3.8, 4) is 0 Å². The molecule has 0 spiro atoms. The zero-order valence-electron chi connectivity index (χ0n) is 15.9. The van der Waals surface area contributed by atoms with Crippen molar-refractivity contribution in [3.05, 3.63) is 23.4 Å². The van der Waals surface area contributed by atoms with Crippen molar-refractivity contribution in [2.45, 2.75) is 45.8 Å². The zero-order valence-corrected chi connectivity index (χ0v) is 16.6. The molecule has 1 atom stereocenters. The Balaban J connectivity index is 1.92. The van der Waals surface area contributed by atoms with Gasteiger partial charge >= 0.3 is 5.97 Å². The molecule has 144 valence electrons. The van der Waals surface area contributed by atoms with Crippen LogP contribution in [-0.4, -0.2) is 54.7 Å². The Morgan fingerprint density at radius 2 is 2.27 bits per heavy atom. The van der Waals surface area contributed by atoms with Crippen LogP contribution in [0.25, 0.3) is 0 Å². The standard InChI is InChI=1S/C18H28ClN5O2/c1-5-20-17(22-11-15(25)26-18(2,3)4)23-13-8-10-24(12-13)16-14(19)7-6-9-21-16/h6-7,9,13H,5,8,10-12H2,1-4H3,(H2,20,22,23). The molecule has 0 amide bonds. The Morgan fingerprint density at radius 3 is 2.92 bits per heavy atom. The van der Waals surface area contributed by atoms with Crippen LogP contribution in [0.4, 0.5) is 5.82 Å². The highest BCUT2D eigenvalue weighted by Gasteiger charge is 2.25. The third-order valence-corrected chi connectivity index (χ3v) is 3.99. The second-order valence-electron chi connectivity index (χ2n) is 7.17. The minimum atomic E-state index is -0.508. The molecule has 0 saturated carbocycles. The Kier molecular flexibility index (Phi) is 7.08. The summed E-state index contributed by atoms with van der Waals surface area (Å²) in [5.41, 5.74) is -0.508. The fourth-order valence-corrected chi connectivity index (χ4v) is 2.95. The molecule has 1 saturated heterocycles. The summed E-state index contributed by atoms with van der Waals surface area (Å²) in [6.07, 6.45) is 2.68. The van der Waals surface area contributed by atoms with Crippen LogP contribution in [0.2, 0.25) is 5.02 Å². The second-order valence-corrected chi connectivity index (χ2v) is 7.57. The molecule has 2 rings (SSSR count). The van der Waals surface area contributed by atoms with Gasteiger partial charge in [0.05, 0.1) is 5.02 Å². The molecule has 2 heterocycles. The number of aromatic nitrogens is 1. The number of carbonyl (C=O) groups is 1. The van der Waals surface area contributed by atoms with Gasteiger partial charge in [-0.1, -0.05) is 11.6 Å². The summed E-state index contributed by atoms with van der Waals surface area (Å²) in [6.45, 7) is 9.83. The molecular weight excluding hydrogens is 354 g/mol. The molecule has 1 fully saturated rings. The third-order valence-electron chi connectivity index (χ3n) is 3.70. The first-order chi connectivity index (χ1) is 12.3. The molecule has 1 aromatic rings. The van der Waals surface area contributed by atoms with Crippen LogP contribution in [0.1, 0.15) is 34.1 Å². The number of guanidine groups is 1. The molecule has 1 aliphatic heterocycles. The fourth-order valence-electron chi connectivity index (χ4n) is 2.71. The Morgan fingerprint density at radius 1 is 1.50 bits per heavy atom. The summed E-state index contributed by atoms with van der Waals surface area (Å²) in [4.78, 5) is 22.7. The van der Waals surface area contributed by atoms with E-state index >= 15 is 0 Å². The average molecular weight is 382 g/mol. The van der Waals surface area contributed by atoms with E-state index in [0.717, 1.165) is 25.3 Å². The highest BCUT2D eigenvalue weighted by Crippen LogP contribution is 2.25. The number of carbonyl (C=O) groups excluding carboxylic acids is 1. The van der Waals surface area contributed by atoms with E-state index < -0.39 is 5.60 Å². The maximum Gasteiger partial charge on any atom is 0.328 e. The third kappa shape index (κ3) is 6.37. The number of hydrogen-bond acceptors (Lipinski definition) is 5. The maximum atomic E-state index is 11.9. The number of nitrogens with zero attached hydrogens (tertiary/aromatic N) is 3. The Labute approximate surface area is 160 Å². The van der Waals surface area contributed by atoms with E-state index in [1.54, 1.807) is 6.20 Å². The van der Waals surface area contributed by atoms with Crippen LogP contribution in [0.15, 0.2) is 23.3 Å². The minimum Gasteiger partial charge on any atom is -0.459 e. The van der Waals surface area contributed by atoms with Crippen LogP contribution in [0, 0.1) is 0 Å². The molecule has 26 heavy (non-hydrogen) atoms. The molecule has 7 nitrogen and oxygen atoms in total. The normalized spacial score (nSPS) is 18.0. The number of aliphatic imine (C=N–C) groups is 1. The number of nitrogens with one attached hydrogen (secondary N) is 2. The number of anilines is 1. The molecule has 0 bridgehead atoms. The van der Waals surface area contributed by atoms with Gasteiger partial charge in [0.25, 0.3) is 0 Å². The molecule has 1 aliphatic rings. The van der Waals surface area contributed by atoms with Crippen molar-refractivity contribution in [3.63, 3.8) is 0 Å². The number of ether oxygens (including phenoxy) is 1. The molecule has 0 aromatic carbocycles. The number of pyridine rings is 1. The van der Waals surface area contributed by atoms with Crippen LogP contribution >= 0.6 is 11.6 Å². The van der Waals surface area contributed by atoms with Crippen molar-refractivity contribution in [1.82, 2.24) is 15.6 Å². The van der Waals surface area contributed by atoms with Crippen molar-refractivity contribution in [2.24, 2.45) is 4.99 Å². The lowest BCUT2D eigenvalue weighted by Gasteiger charge is -2.21. The molecule has 8 heteroatoms. The SMILES string of the molecule is CCNC(=NCC(=O)OC(C)(C)C)NC1CCN(c2ncccc2Cl)C1. The highest BCUT2D eigenvalue weighted by molar-refractivity contribution is 6.32. The number of esters is 1. The van der Waals surface area contributed by atoms with Crippen molar-refractivity contribution >= 4 is 29.3 Å². The van der Waals surface area contributed by atoms with Crippen LogP contribution < -0.4 is 15.5 Å². The van der Waals surface area contributed by atoms with Gasteiger partial charge in [0.2, 0.25) is 0 Å². The quantitative estimate of drug-likeness (QED) is 0.462.